The van der Waals surface area contributed by atoms with Crippen molar-refractivity contribution in [1.29, 1.82) is 0 Å². The smallest absolute Gasteiger partial charge is 0.322 e. The maximum absolute atomic E-state index is 11.8. The number of nitrogens with one attached hydrogen (secondary N) is 1. The van der Waals surface area contributed by atoms with Crippen molar-refractivity contribution in [2.24, 2.45) is 0 Å². The number of hydrogen-bond acceptors (Lipinski definition) is 4. The fourth-order valence-corrected chi connectivity index (χ4v) is 2.13. The Balaban J connectivity index is 1.66. The van der Waals surface area contributed by atoms with Crippen LogP contribution in [0.5, 0.6) is 0 Å². The molecule has 0 saturated heterocycles. The van der Waals surface area contributed by atoms with Gasteiger partial charge in [-0.15, -0.1) is 5.10 Å². The highest BCUT2D eigenvalue weighted by Gasteiger charge is 2.09. The van der Waals surface area contributed by atoms with E-state index < -0.39 is 0 Å². The number of halogens is 1. The van der Waals surface area contributed by atoms with Gasteiger partial charge in [0.15, 0.2) is 0 Å². The standard InChI is InChI=1S/C17H12BrN3O2/c18-14-9-7-13(8-10-14)16-20-21-17(23-16)19-15(22)11-6-12-4-2-1-3-5-12/h1-11H,(H,19,21,22)/b11-6+. The van der Waals surface area contributed by atoms with E-state index in [0.717, 1.165) is 15.6 Å². The van der Waals surface area contributed by atoms with E-state index in [1.165, 1.54) is 6.08 Å². The summed E-state index contributed by atoms with van der Waals surface area (Å²) in [6, 6.07) is 17.0. The largest absolute Gasteiger partial charge is 0.403 e. The van der Waals surface area contributed by atoms with Crippen LogP contribution in [-0.4, -0.2) is 16.1 Å². The monoisotopic (exact) mass is 369 g/mol. The molecule has 5 nitrogen and oxygen atoms in total. The van der Waals surface area contributed by atoms with Crippen LogP contribution in [0.25, 0.3) is 17.5 Å². The van der Waals surface area contributed by atoms with Gasteiger partial charge in [0.2, 0.25) is 5.89 Å². The Morgan fingerprint density at radius 3 is 2.52 bits per heavy atom. The molecule has 0 radical (unpaired) electrons. The van der Waals surface area contributed by atoms with Crippen LogP contribution in [0, 0.1) is 0 Å². The predicted octanol–water partition coefficient (Wildman–Crippen LogP) is 4.15. The first-order valence-corrected chi connectivity index (χ1v) is 7.63. The average molecular weight is 370 g/mol. The first kappa shape index (κ1) is 15.2. The van der Waals surface area contributed by atoms with Gasteiger partial charge in [-0.25, -0.2) is 0 Å². The molecule has 0 aliphatic rings. The molecule has 0 aliphatic heterocycles. The highest BCUT2D eigenvalue weighted by atomic mass is 79.9. The fraction of sp³-hybridized carbons (Fsp3) is 0. The summed E-state index contributed by atoms with van der Waals surface area (Å²) < 4.78 is 6.39. The molecular formula is C17H12BrN3O2. The molecule has 0 saturated carbocycles. The van der Waals surface area contributed by atoms with E-state index in [1.54, 1.807) is 6.08 Å². The van der Waals surface area contributed by atoms with Gasteiger partial charge < -0.3 is 4.42 Å². The number of rotatable bonds is 4. The number of carbonyl (C=O) groups excluding carboxylic acids is 1. The van der Waals surface area contributed by atoms with Crippen molar-refractivity contribution in [3.8, 4) is 11.5 Å². The van der Waals surface area contributed by atoms with Crippen molar-refractivity contribution in [2.45, 2.75) is 0 Å². The van der Waals surface area contributed by atoms with E-state index in [9.17, 15) is 4.79 Å². The zero-order valence-corrected chi connectivity index (χ0v) is 13.5. The summed E-state index contributed by atoms with van der Waals surface area (Å²) in [5, 5.41) is 10.3. The maximum Gasteiger partial charge on any atom is 0.322 e. The summed E-state index contributed by atoms with van der Waals surface area (Å²) >= 11 is 3.36. The van der Waals surface area contributed by atoms with Gasteiger partial charge in [0.05, 0.1) is 0 Å². The lowest BCUT2D eigenvalue weighted by molar-refractivity contribution is -0.112. The Labute approximate surface area is 141 Å². The third-order valence-corrected chi connectivity index (χ3v) is 3.50. The number of aromatic nitrogens is 2. The van der Waals surface area contributed by atoms with Crippen molar-refractivity contribution >= 4 is 33.9 Å². The second-order valence-electron chi connectivity index (χ2n) is 4.65. The molecule has 0 atom stereocenters. The van der Waals surface area contributed by atoms with Crippen LogP contribution >= 0.6 is 15.9 Å². The summed E-state index contributed by atoms with van der Waals surface area (Å²) in [4.78, 5) is 11.8. The molecule has 114 valence electrons. The van der Waals surface area contributed by atoms with Crippen molar-refractivity contribution < 1.29 is 9.21 Å². The van der Waals surface area contributed by atoms with E-state index in [-0.39, 0.29) is 11.9 Å². The Bertz CT molecular complexity index is 827. The number of carbonyl (C=O) groups is 1. The third-order valence-electron chi connectivity index (χ3n) is 2.97. The minimum atomic E-state index is -0.333. The lowest BCUT2D eigenvalue weighted by Gasteiger charge is -1.96. The normalized spacial score (nSPS) is 10.8. The van der Waals surface area contributed by atoms with Gasteiger partial charge in [0.1, 0.15) is 0 Å². The van der Waals surface area contributed by atoms with Crippen LogP contribution in [-0.2, 0) is 4.79 Å². The van der Waals surface area contributed by atoms with Crippen LogP contribution in [0.3, 0.4) is 0 Å². The van der Waals surface area contributed by atoms with Crippen molar-refractivity contribution in [1.82, 2.24) is 10.2 Å². The van der Waals surface area contributed by atoms with E-state index in [2.05, 4.69) is 31.4 Å². The first-order valence-electron chi connectivity index (χ1n) is 6.84. The van der Waals surface area contributed by atoms with E-state index in [1.807, 2.05) is 54.6 Å². The Hall–Kier alpha value is -2.73. The number of benzene rings is 2. The molecule has 0 aliphatic carbocycles. The Morgan fingerprint density at radius 2 is 1.78 bits per heavy atom. The second kappa shape index (κ2) is 7.02. The highest BCUT2D eigenvalue weighted by Crippen LogP contribution is 2.21. The van der Waals surface area contributed by atoms with Gasteiger partial charge in [-0.05, 0) is 35.9 Å². The summed E-state index contributed by atoms with van der Waals surface area (Å²) in [6.45, 7) is 0. The van der Waals surface area contributed by atoms with E-state index >= 15 is 0 Å². The van der Waals surface area contributed by atoms with Crippen LogP contribution in [0.1, 0.15) is 5.56 Å². The molecule has 0 unspecified atom stereocenters. The predicted molar refractivity (Wildman–Crippen MR) is 91.5 cm³/mol. The quantitative estimate of drug-likeness (QED) is 0.701. The number of hydrogen-bond donors (Lipinski definition) is 1. The number of anilines is 1. The first-order chi connectivity index (χ1) is 11.2. The average Bonchev–Trinajstić information content (AvgIpc) is 3.03. The summed E-state index contributed by atoms with van der Waals surface area (Å²) in [6.07, 6.45) is 3.13. The molecule has 6 heteroatoms. The summed E-state index contributed by atoms with van der Waals surface area (Å²) in [5.41, 5.74) is 1.71. The molecule has 0 spiro atoms. The minimum Gasteiger partial charge on any atom is -0.403 e. The maximum atomic E-state index is 11.8. The van der Waals surface area contributed by atoms with Gasteiger partial charge in [0.25, 0.3) is 5.91 Å². The fourth-order valence-electron chi connectivity index (χ4n) is 1.87. The molecule has 1 aromatic heterocycles. The van der Waals surface area contributed by atoms with Crippen LogP contribution in [0.4, 0.5) is 6.01 Å². The summed E-state index contributed by atoms with van der Waals surface area (Å²) in [5.74, 6) is 0.0136. The molecule has 1 N–H and O–H groups in total. The lowest BCUT2D eigenvalue weighted by atomic mass is 10.2. The highest BCUT2D eigenvalue weighted by molar-refractivity contribution is 9.10. The van der Waals surface area contributed by atoms with Gasteiger partial charge >= 0.3 is 6.01 Å². The molecule has 3 aromatic rings. The molecular weight excluding hydrogens is 358 g/mol. The Kier molecular flexibility index (Phi) is 4.63. The van der Waals surface area contributed by atoms with Crippen molar-refractivity contribution in [3.63, 3.8) is 0 Å². The summed E-state index contributed by atoms with van der Waals surface area (Å²) in [7, 11) is 0. The lowest BCUT2D eigenvalue weighted by Crippen LogP contribution is -2.07. The molecule has 0 bridgehead atoms. The SMILES string of the molecule is O=C(/C=C/c1ccccc1)Nc1nnc(-c2ccc(Br)cc2)o1. The number of amides is 1. The van der Waals surface area contributed by atoms with Gasteiger partial charge in [-0.3, -0.25) is 10.1 Å². The molecule has 1 heterocycles. The molecule has 23 heavy (non-hydrogen) atoms. The Morgan fingerprint density at radius 1 is 1.04 bits per heavy atom. The van der Waals surface area contributed by atoms with Crippen LogP contribution in [0.15, 0.2) is 69.6 Å². The third kappa shape index (κ3) is 4.14. The molecule has 3 rings (SSSR count). The zero-order valence-electron chi connectivity index (χ0n) is 11.9. The topological polar surface area (TPSA) is 68.0 Å². The van der Waals surface area contributed by atoms with E-state index in [4.69, 9.17) is 4.42 Å². The minimum absolute atomic E-state index is 0.0608. The van der Waals surface area contributed by atoms with E-state index in [0.29, 0.717) is 5.89 Å². The van der Waals surface area contributed by atoms with Crippen molar-refractivity contribution in [3.05, 3.63) is 70.7 Å². The number of nitrogens with zero attached hydrogens (tertiary/aromatic N) is 2. The molecule has 2 aromatic carbocycles. The van der Waals surface area contributed by atoms with Gasteiger partial charge in [-0.2, -0.15) is 0 Å². The van der Waals surface area contributed by atoms with Crippen molar-refractivity contribution in [2.75, 3.05) is 5.32 Å². The second-order valence-corrected chi connectivity index (χ2v) is 5.57. The molecule has 0 fully saturated rings. The van der Waals surface area contributed by atoms with Crippen LogP contribution < -0.4 is 5.32 Å². The zero-order chi connectivity index (χ0) is 16.1. The van der Waals surface area contributed by atoms with Crippen LogP contribution in [0.2, 0.25) is 0 Å². The van der Waals surface area contributed by atoms with Gasteiger partial charge in [-0.1, -0.05) is 51.4 Å². The molecule has 1 amide bonds. The van der Waals surface area contributed by atoms with Gasteiger partial charge in [0, 0.05) is 16.1 Å².